The largest absolute Gasteiger partial charge is 0.497 e. The number of ether oxygens (including phenoxy) is 1. The van der Waals surface area contributed by atoms with Gasteiger partial charge in [0.1, 0.15) is 5.75 Å². The van der Waals surface area contributed by atoms with Crippen LogP contribution in [-0.2, 0) is 6.42 Å². The van der Waals surface area contributed by atoms with Crippen LogP contribution in [0.2, 0.25) is 0 Å². The standard InChI is InChI=1S/C15H17N3O2/c1-20-14-6-2-4-12(10-14)7-9-17-15(19)18-13-5-3-8-16-11-13/h2-6,8,10-11H,7,9H2,1H3,(H2,17,18,19). The Labute approximate surface area is 118 Å². The highest BCUT2D eigenvalue weighted by Gasteiger charge is 2.01. The van der Waals surface area contributed by atoms with Crippen molar-refractivity contribution in [3.05, 3.63) is 54.4 Å². The molecule has 0 fully saturated rings. The lowest BCUT2D eigenvalue weighted by Gasteiger charge is -2.08. The lowest BCUT2D eigenvalue weighted by Crippen LogP contribution is -2.30. The molecule has 2 N–H and O–H groups in total. The van der Waals surface area contributed by atoms with E-state index in [-0.39, 0.29) is 6.03 Å². The Balaban J connectivity index is 1.76. The van der Waals surface area contributed by atoms with Gasteiger partial charge in [-0.3, -0.25) is 4.98 Å². The number of hydrogen-bond donors (Lipinski definition) is 2. The molecule has 2 amide bonds. The van der Waals surface area contributed by atoms with Gasteiger partial charge in [-0.1, -0.05) is 12.1 Å². The first-order chi connectivity index (χ1) is 9.78. The van der Waals surface area contributed by atoms with Crippen molar-refractivity contribution < 1.29 is 9.53 Å². The Morgan fingerprint density at radius 2 is 2.20 bits per heavy atom. The van der Waals surface area contributed by atoms with Crippen LogP contribution < -0.4 is 15.4 Å². The second kappa shape index (κ2) is 7.13. The monoisotopic (exact) mass is 271 g/mol. The molecule has 0 radical (unpaired) electrons. The van der Waals surface area contributed by atoms with E-state index in [0.29, 0.717) is 12.2 Å². The molecule has 0 aliphatic heterocycles. The van der Waals surface area contributed by atoms with E-state index in [1.54, 1.807) is 31.6 Å². The zero-order chi connectivity index (χ0) is 14.2. The van der Waals surface area contributed by atoms with Gasteiger partial charge < -0.3 is 15.4 Å². The van der Waals surface area contributed by atoms with Gasteiger partial charge in [0.2, 0.25) is 0 Å². The third kappa shape index (κ3) is 4.28. The first kappa shape index (κ1) is 13.9. The van der Waals surface area contributed by atoms with Gasteiger partial charge in [0.05, 0.1) is 19.0 Å². The minimum absolute atomic E-state index is 0.235. The Morgan fingerprint density at radius 1 is 1.30 bits per heavy atom. The van der Waals surface area contributed by atoms with Crippen LogP contribution in [0.3, 0.4) is 0 Å². The molecular weight excluding hydrogens is 254 g/mol. The fraction of sp³-hybridized carbons (Fsp3) is 0.200. The Hall–Kier alpha value is -2.56. The second-order valence-electron chi connectivity index (χ2n) is 4.22. The smallest absolute Gasteiger partial charge is 0.319 e. The molecule has 5 heteroatoms. The van der Waals surface area contributed by atoms with Crippen molar-refractivity contribution in [1.82, 2.24) is 10.3 Å². The maximum absolute atomic E-state index is 11.7. The summed E-state index contributed by atoms with van der Waals surface area (Å²) >= 11 is 0. The van der Waals surface area contributed by atoms with Gasteiger partial charge in [0.15, 0.2) is 0 Å². The maximum Gasteiger partial charge on any atom is 0.319 e. The van der Waals surface area contributed by atoms with Crippen molar-refractivity contribution in [2.45, 2.75) is 6.42 Å². The Bertz CT molecular complexity index is 558. The molecule has 0 aliphatic carbocycles. The summed E-state index contributed by atoms with van der Waals surface area (Å²) in [5, 5.41) is 5.51. The van der Waals surface area contributed by atoms with Crippen molar-refractivity contribution in [1.29, 1.82) is 0 Å². The van der Waals surface area contributed by atoms with Crippen molar-refractivity contribution in [2.24, 2.45) is 0 Å². The average Bonchev–Trinajstić information content (AvgIpc) is 2.48. The normalized spacial score (nSPS) is 9.85. The van der Waals surface area contributed by atoms with Crippen molar-refractivity contribution >= 4 is 11.7 Å². The summed E-state index contributed by atoms with van der Waals surface area (Å²) in [4.78, 5) is 15.6. The molecule has 1 heterocycles. The van der Waals surface area contributed by atoms with Crippen LogP contribution in [0.5, 0.6) is 5.75 Å². The molecule has 0 atom stereocenters. The van der Waals surface area contributed by atoms with Gasteiger partial charge >= 0.3 is 6.03 Å². The number of anilines is 1. The molecule has 0 saturated carbocycles. The molecule has 2 aromatic rings. The lowest BCUT2D eigenvalue weighted by molar-refractivity contribution is 0.252. The second-order valence-corrected chi connectivity index (χ2v) is 4.22. The fourth-order valence-corrected chi connectivity index (χ4v) is 1.76. The molecule has 104 valence electrons. The number of aromatic nitrogens is 1. The molecule has 1 aromatic heterocycles. The molecule has 0 saturated heterocycles. The highest BCUT2D eigenvalue weighted by atomic mass is 16.5. The average molecular weight is 271 g/mol. The van der Waals surface area contributed by atoms with E-state index < -0.39 is 0 Å². The van der Waals surface area contributed by atoms with Crippen LogP contribution in [0.4, 0.5) is 10.5 Å². The topological polar surface area (TPSA) is 63.2 Å². The van der Waals surface area contributed by atoms with E-state index in [2.05, 4.69) is 15.6 Å². The number of nitrogens with zero attached hydrogens (tertiary/aromatic N) is 1. The van der Waals surface area contributed by atoms with Crippen LogP contribution in [0, 0.1) is 0 Å². The zero-order valence-corrected chi connectivity index (χ0v) is 11.3. The quantitative estimate of drug-likeness (QED) is 0.878. The summed E-state index contributed by atoms with van der Waals surface area (Å²) in [7, 11) is 1.64. The van der Waals surface area contributed by atoms with Crippen LogP contribution in [0.15, 0.2) is 48.8 Å². The summed E-state index contributed by atoms with van der Waals surface area (Å²) in [6.07, 6.45) is 4.01. The Morgan fingerprint density at radius 3 is 2.95 bits per heavy atom. The summed E-state index contributed by atoms with van der Waals surface area (Å²) in [6.45, 7) is 0.555. The SMILES string of the molecule is COc1cccc(CCNC(=O)Nc2cccnc2)c1. The number of nitrogens with one attached hydrogen (secondary N) is 2. The summed E-state index contributed by atoms with van der Waals surface area (Å²) < 4.78 is 5.15. The van der Waals surface area contributed by atoms with Crippen molar-refractivity contribution in [2.75, 3.05) is 19.0 Å². The number of methoxy groups -OCH3 is 1. The zero-order valence-electron chi connectivity index (χ0n) is 11.3. The highest BCUT2D eigenvalue weighted by molar-refractivity contribution is 5.88. The molecule has 1 aromatic carbocycles. The van der Waals surface area contributed by atoms with E-state index in [1.165, 1.54) is 0 Å². The van der Waals surface area contributed by atoms with Crippen molar-refractivity contribution in [3.8, 4) is 5.75 Å². The number of urea groups is 1. The number of carbonyl (C=O) groups is 1. The van der Waals surface area contributed by atoms with Gasteiger partial charge in [-0.2, -0.15) is 0 Å². The van der Waals surface area contributed by atoms with E-state index in [1.807, 2.05) is 24.3 Å². The number of rotatable bonds is 5. The minimum atomic E-state index is -0.235. The molecular formula is C15H17N3O2. The molecule has 0 unspecified atom stereocenters. The number of benzene rings is 1. The van der Waals surface area contributed by atoms with Gasteiger partial charge in [0.25, 0.3) is 0 Å². The molecule has 0 bridgehead atoms. The highest BCUT2D eigenvalue weighted by Crippen LogP contribution is 2.12. The van der Waals surface area contributed by atoms with Gasteiger partial charge in [0, 0.05) is 12.7 Å². The van der Waals surface area contributed by atoms with E-state index in [4.69, 9.17) is 4.74 Å². The maximum atomic E-state index is 11.7. The third-order valence-electron chi connectivity index (χ3n) is 2.75. The molecule has 0 spiro atoms. The Kier molecular flexibility index (Phi) is 4.94. The van der Waals surface area contributed by atoms with Crippen LogP contribution >= 0.6 is 0 Å². The minimum Gasteiger partial charge on any atom is -0.497 e. The summed E-state index contributed by atoms with van der Waals surface area (Å²) in [5.41, 5.74) is 1.79. The number of carbonyl (C=O) groups excluding carboxylic acids is 1. The van der Waals surface area contributed by atoms with Crippen LogP contribution in [0.25, 0.3) is 0 Å². The number of hydrogen-bond acceptors (Lipinski definition) is 3. The molecule has 0 aliphatic rings. The van der Waals surface area contributed by atoms with Crippen molar-refractivity contribution in [3.63, 3.8) is 0 Å². The van der Waals surface area contributed by atoms with Crippen LogP contribution in [0.1, 0.15) is 5.56 Å². The van der Waals surface area contributed by atoms with Crippen LogP contribution in [-0.4, -0.2) is 24.7 Å². The third-order valence-corrected chi connectivity index (χ3v) is 2.75. The van der Waals surface area contributed by atoms with E-state index in [9.17, 15) is 4.79 Å². The first-order valence-electron chi connectivity index (χ1n) is 6.36. The first-order valence-corrected chi connectivity index (χ1v) is 6.36. The van der Waals surface area contributed by atoms with E-state index >= 15 is 0 Å². The summed E-state index contributed by atoms with van der Waals surface area (Å²) in [5.74, 6) is 0.822. The number of amides is 2. The van der Waals surface area contributed by atoms with E-state index in [0.717, 1.165) is 17.7 Å². The number of pyridine rings is 1. The molecule has 5 nitrogen and oxygen atoms in total. The molecule has 2 rings (SSSR count). The van der Waals surface area contributed by atoms with Gasteiger partial charge in [-0.15, -0.1) is 0 Å². The summed E-state index contributed by atoms with van der Waals surface area (Å²) in [6, 6.07) is 11.1. The molecule has 20 heavy (non-hydrogen) atoms. The fourth-order valence-electron chi connectivity index (χ4n) is 1.76. The van der Waals surface area contributed by atoms with Gasteiger partial charge in [-0.25, -0.2) is 4.79 Å². The predicted molar refractivity (Wildman–Crippen MR) is 78.0 cm³/mol. The lowest BCUT2D eigenvalue weighted by atomic mass is 10.1. The van der Waals surface area contributed by atoms with Gasteiger partial charge in [-0.05, 0) is 36.2 Å². The predicted octanol–water partition coefficient (Wildman–Crippen LogP) is 2.45.